The lowest BCUT2D eigenvalue weighted by atomic mass is 10.2. The molecule has 1 N–H and O–H groups in total. The van der Waals surface area contributed by atoms with Gasteiger partial charge in [0.2, 0.25) is 5.82 Å². The zero-order valence-corrected chi connectivity index (χ0v) is 15.3. The van der Waals surface area contributed by atoms with E-state index >= 15 is 0 Å². The first-order chi connectivity index (χ1) is 12.7. The summed E-state index contributed by atoms with van der Waals surface area (Å²) in [5.74, 6) is 0.551. The van der Waals surface area contributed by atoms with Gasteiger partial charge in [-0.15, -0.1) is 10.2 Å². The first-order valence-electron chi connectivity index (χ1n) is 8.85. The first kappa shape index (κ1) is 18.3. The molecule has 0 spiro atoms. The lowest BCUT2D eigenvalue weighted by Gasteiger charge is -2.34. The van der Waals surface area contributed by atoms with Gasteiger partial charge in [0.05, 0.1) is 13.2 Å². The van der Waals surface area contributed by atoms with Crippen molar-refractivity contribution >= 4 is 11.7 Å². The van der Waals surface area contributed by atoms with Crippen LogP contribution in [0.25, 0.3) is 11.4 Å². The van der Waals surface area contributed by atoms with Gasteiger partial charge >= 0.3 is 6.03 Å². The molecule has 9 heteroatoms. The molecule has 0 aliphatic carbocycles. The SMILES string of the molecule is CCn1nnc(-c2cccc(NC(=O)N3CCN(CCOC)CC3)c2)n1. The fourth-order valence-electron chi connectivity index (χ4n) is 2.83. The Kier molecular flexibility index (Phi) is 6.13. The maximum Gasteiger partial charge on any atom is 0.321 e. The van der Waals surface area contributed by atoms with Crippen LogP contribution in [0.4, 0.5) is 10.5 Å². The van der Waals surface area contributed by atoms with Crippen LogP contribution >= 0.6 is 0 Å². The summed E-state index contributed by atoms with van der Waals surface area (Å²) >= 11 is 0. The van der Waals surface area contributed by atoms with Crippen molar-refractivity contribution in [3.05, 3.63) is 24.3 Å². The Morgan fingerprint density at radius 1 is 1.27 bits per heavy atom. The average Bonchev–Trinajstić information content (AvgIpc) is 3.16. The maximum atomic E-state index is 12.5. The highest BCUT2D eigenvalue weighted by molar-refractivity contribution is 5.90. The summed E-state index contributed by atoms with van der Waals surface area (Å²) in [5.41, 5.74) is 1.55. The van der Waals surface area contributed by atoms with Crippen molar-refractivity contribution in [1.82, 2.24) is 30.0 Å². The Hall–Kier alpha value is -2.52. The van der Waals surface area contributed by atoms with Gasteiger partial charge in [0.1, 0.15) is 0 Å². The van der Waals surface area contributed by atoms with Crippen molar-refractivity contribution in [1.29, 1.82) is 0 Å². The lowest BCUT2D eigenvalue weighted by molar-refractivity contribution is 0.109. The molecule has 2 amide bonds. The zero-order chi connectivity index (χ0) is 18.4. The van der Waals surface area contributed by atoms with E-state index < -0.39 is 0 Å². The van der Waals surface area contributed by atoms with Gasteiger partial charge in [0.15, 0.2) is 0 Å². The van der Waals surface area contributed by atoms with E-state index in [1.165, 1.54) is 4.80 Å². The van der Waals surface area contributed by atoms with Crippen molar-refractivity contribution < 1.29 is 9.53 Å². The van der Waals surface area contributed by atoms with Crippen LogP contribution in [-0.4, -0.2) is 82.5 Å². The third kappa shape index (κ3) is 4.55. The van der Waals surface area contributed by atoms with Gasteiger partial charge in [-0.2, -0.15) is 4.80 Å². The molecule has 2 aromatic rings. The Bertz CT molecular complexity index is 725. The summed E-state index contributed by atoms with van der Waals surface area (Å²) in [6, 6.07) is 7.42. The highest BCUT2D eigenvalue weighted by Gasteiger charge is 2.21. The van der Waals surface area contributed by atoms with E-state index in [2.05, 4.69) is 25.6 Å². The first-order valence-corrected chi connectivity index (χ1v) is 8.85. The minimum Gasteiger partial charge on any atom is -0.383 e. The van der Waals surface area contributed by atoms with E-state index in [9.17, 15) is 4.79 Å². The average molecular weight is 359 g/mol. The smallest absolute Gasteiger partial charge is 0.321 e. The van der Waals surface area contributed by atoms with Crippen molar-refractivity contribution in [2.75, 3.05) is 51.8 Å². The lowest BCUT2D eigenvalue weighted by Crippen LogP contribution is -2.50. The summed E-state index contributed by atoms with van der Waals surface area (Å²) in [6.45, 7) is 7.39. The number of nitrogens with zero attached hydrogens (tertiary/aromatic N) is 6. The molecule has 0 atom stereocenters. The van der Waals surface area contributed by atoms with Crippen LogP contribution in [0.5, 0.6) is 0 Å². The number of aryl methyl sites for hydroxylation is 1. The van der Waals surface area contributed by atoms with Crippen LogP contribution in [0.2, 0.25) is 0 Å². The monoisotopic (exact) mass is 359 g/mol. The zero-order valence-electron chi connectivity index (χ0n) is 15.3. The summed E-state index contributed by atoms with van der Waals surface area (Å²) in [6.07, 6.45) is 0. The molecule has 0 saturated carbocycles. The number of benzene rings is 1. The second-order valence-corrected chi connectivity index (χ2v) is 6.13. The molecule has 9 nitrogen and oxygen atoms in total. The van der Waals surface area contributed by atoms with E-state index in [0.29, 0.717) is 25.5 Å². The molecule has 26 heavy (non-hydrogen) atoms. The van der Waals surface area contributed by atoms with E-state index in [1.807, 2.05) is 36.1 Å². The number of hydrogen-bond donors (Lipinski definition) is 1. The van der Waals surface area contributed by atoms with Gasteiger partial charge in [-0.05, 0) is 24.3 Å². The van der Waals surface area contributed by atoms with Crippen LogP contribution in [0.1, 0.15) is 6.92 Å². The Morgan fingerprint density at radius 2 is 2.08 bits per heavy atom. The molecule has 1 aliphatic heterocycles. The van der Waals surface area contributed by atoms with Crippen LogP contribution in [0.15, 0.2) is 24.3 Å². The van der Waals surface area contributed by atoms with Crippen molar-refractivity contribution in [2.45, 2.75) is 13.5 Å². The standard InChI is InChI=1S/C17H25N7O2/c1-3-24-20-16(19-21-24)14-5-4-6-15(13-14)18-17(25)23-9-7-22(8-10-23)11-12-26-2/h4-6,13H,3,7-12H2,1-2H3,(H,18,25). The second kappa shape index (κ2) is 8.72. The molecule has 0 bridgehead atoms. The van der Waals surface area contributed by atoms with Gasteiger partial charge in [0.25, 0.3) is 0 Å². The minimum absolute atomic E-state index is 0.0845. The number of aromatic nitrogens is 4. The largest absolute Gasteiger partial charge is 0.383 e. The molecule has 1 aromatic carbocycles. The number of rotatable bonds is 6. The van der Waals surface area contributed by atoms with Crippen molar-refractivity contribution in [2.24, 2.45) is 0 Å². The molecule has 1 aromatic heterocycles. The summed E-state index contributed by atoms with van der Waals surface area (Å²) in [5, 5.41) is 15.3. The van der Waals surface area contributed by atoms with Crippen molar-refractivity contribution in [3.8, 4) is 11.4 Å². The Labute approximate surface area is 152 Å². The molecule has 1 fully saturated rings. The molecule has 0 unspecified atom stereocenters. The molecular formula is C17H25N7O2. The highest BCUT2D eigenvalue weighted by atomic mass is 16.5. The molecule has 1 saturated heterocycles. The Balaban J connectivity index is 1.57. The van der Waals surface area contributed by atoms with Gasteiger partial charge in [-0.25, -0.2) is 4.79 Å². The molecular weight excluding hydrogens is 334 g/mol. The number of hydrogen-bond acceptors (Lipinski definition) is 6. The van der Waals surface area contributed by atoms with E-state index in [1.54, 1.807) is 7.11 Å². The fraction of sp³-hybridized carbons (Fsp3) is 0.529. The van der Waals surface area contributed by atoms with Crippen molar-refractivity contribution in [3.63, 3.8) is 0 Å². The quantitative estimate of drug-likeness (QED) is 0.833. The number of ether oxygens (including phenoxy) is 1. The van der Waals surface area contributed by atoms with Crippen LogP contribution in [0.3, 0.4) is 0 Å². The van der Waals surface area contributed by atoms with Gasteiger partial charge in [-0.1, -0.05) is 12.1 Å². The maximum absolute atomic E-state index is 12.5. The predicted octanol–water partition coefficient (Wildman–Crippen LogP) is 1.16. The summed E-state index contributed by atoms with van der Waals surface area (Å²) in [4.78, 5) is 18.2. The van der Waals surface area contributed by atoms with E-state index in [4.69, 9.17) is 4.74 Å². The van der Waals surface area contributed by atoms with Crippen LogP contribution in [-0.2, 0) is 11.3 Å². The van der Waals surface area contributed by atoms with E-state index in [-0.39, 0.29) is 6.03 Å². The number of nitrogens with one attached hydrogen (secondary N) is 1. The fourth-order valence-corrected chi connectivity index (χ4v) is 2.83. The molecule has 3 rings (SSSR count). The number of methoxy groups -OCH3 is 1. The summed E-state index contributed by atoms with van der Waals surface area (Å²) < 4.78 is 5.10. The van der Waals surface area contributed by atoms with Gasteiger partial charge in [-0.3, -0.25) is 4.90 Å². The third-order valence-corrected chi connectivity index (χ3v) is 4.38. The normalized spacial score (nSPS) is 15.2. The molecule has 1 aliphatic rings. The third-order valence-electron chi connectivity index (χ3n) is 4.38. The topological polar surface area (TPSA) is 88.4 Å². The Morgan fingerprint density at radius 3 is 2.77 bits per heavy atom. The number of anilines is 1. The highest BCUT2D eigenvalue weighted by Crippen LogP contribution is 2.19. The number of tetrazole rings is 1. The number of carbonyl (C=O) groups is 1. The van der Waals surface area contributed by atoms with Gasteiger partial charge in [0, 0.05) is 51.1 Å². The van der Waals surface area contributed by atoms with E-state index in [0.717, 1.165) is 37.5 Å². The number of carbonyl (C=O) groups excluding carboxylic acids is 1. The second-order valence-electron chi connectivity index (χ2n) is 6.13. The summed E-state index contributed by atoms with van der Waals surface area (Å²) in [7, 11) is 1.70. The molecule has 0 radical (unpaired) electrons. The van der Waals surface area contributed by atoms with Gasteiger partial charge < -0.3 is 15.0 Å². The van der Waals surface area contributed by atoms with Crippen LogP contribution in [0, 0.1) is 0 Å². The predicted molar refractivity (Wildman–Crippen MR) is 97.8 cm³/mol. The number of urea groups is 1. The van der Waals surface area contributed by atoms with Crippen LogP contribution < -0.4 is 5.32 Å². The molecule has 140 valence electrons. The molecule has 2 heterocycles. The number of amides is 2. The number of piperazine rings is 1. The minimum atomic E-state index is -0.0845.